The minimum Gasteiger partial charge on any atom is -0.453 e. The lowest BCUT2D eigenvalue weighted by Crippen LogP contribution is -2.41. The fourth-order valence-electron chi connectivity index (χ4n) is 20.2. The maximum Gasteiger partial charge on any atom is 0.494 e. The van der Waals surface area contributed by atoms with E-state index in [-0.39, 0.29) is 44.7 Å². The lowest BCUT2D eigenvalue weighted by atomic mass is 9.78. The third kappa shape index (κ3) is 12.9. The van der Waals surface area contributed by atoms with Crippen molar-refractivity contribution in [3.63, 3.8) is 0 Å². The summed E-state index contributed by atoms with van der Waals surface area (Å²) in [6.45, 7) is 16.9. The van der Waals surface area contributed by atoms with Crippen molar-refractivity contribution in [1.29, 1.82) is 0 Å². The number of rotatable bonds is 7. The Morgan fingerprint density at radius 2 is 0.424 bits per heavy atom. The van der Waals surface area contributed by atoms with E-state index in [2.05, 4.69) is 401 Å². The van der Waals surface area contributed by atoms with E-state index in [1.165, 1.54) is 94.8 Å². The fraction of sp³-hybridized carbons (Fsp3) is 0.128. The van der Waals surface area contributed by atoms with Gasteiger partial charge in [0.2, 0.25) is 0 Å². The van der Waals surface area contributed by atoms with E-state index >= 15 is 0 Å². The van der Waals surface area contributed by atoms with Crippen LogP contribution >= 0.6 is 36.0 Å². The molecule has 0 atom stereocenters. The number of nitrogens with zero attached hydrogens (tertiary/aromatic N) is 3. The molecule has 0 aromatic heterocycles. The molecule has 0 N–H and O–H groups in total. The smallest absolute Gasteiger partial charge is 0.453 e. The van der Waals surface area contributed by atoms with Gasteiger partial charge >= 0.3 is 14.2 Å². The first-order valence-corrected chi connectivity index (χ1v) is 48.2. The summed E-state index contributed by atoms with van der Waals surface area (Å²) < 4.78 is 45.8. The summed E-state index contributed by atoms with van der Waals surface area (Å²) in [4.78, 5) is 18.1. The normalized spacial score (nSPS) is 16.6. The van der Waals surface area contributed by atoms with Crippen LogP contribution in [0.5, 0.6) is 34.5 Å². The van der Waals surface area contributed by atoms with Crippen molar-refractivity contribution < 1.29 is 32.8 Å². The molecule has 10 nitrogen and oxygen atoms in total. The average Bonchev–Trinajstić information content (AvgIpc) is 1.51. The highest BCUT2D eigenvalue weighted by Crippen LogP contribution is 2.87. The Bertz CT molecular complexity index is 6960. The van der Waals surface area contributed by atoms with Gasteiger partial charge in [0.05, 0.1) is 73.6 Å². The van der Waals surface area contributed by atoms with Gasteiger partial charge in [-0.1, -0.05) is 253 Å². The Kier molecular flexibility index (Phi) is 20.9. The molecule has 0 saturated carbocycles. The van der Waals surface area contributed by atoms with E-state index < -0.39 is 34.3 Å². The minimum absolute atomic E-state index is 0. The van der Waals surface area contributed by atoms with Gasteiger partial charge in [0, 0.05) is 54.8 Å². The van der Waals surface area contributed by atoms with Gasteiger partial charge in [-0.25, -0.2) is 0 Å². The van der Waals surface area contributed by atoms with Crippen molar-refractivity contribution in [1.82, 2.24) is 0 Å². The Hall–Kier alpha value is -13.3. The van der Waals surface area contributed by atoms with Crippen LogP contribution in [-0.2, 0) is 18.6 Å². The third-order valence-corrected chi connectivity index (χ3v) is 36.5. The molecule has 2 saturated heterocycles. The number of ether oxygens (including phenoxy) is 3. The second-order valence-corrected chi connectivity index (χ2v) is 42.7. The average molecular weight is 1830 g/mol. The number of fused-ring (bicyclic) bond motifs is 26. The second kappa shape index (κ2) is 32.3. The molecule has 26 rings (SSSR count). The molecule has 17 aromatic carbocycles. The number of hydrogen-bond acceptors (Lipinski definition) is 10. The molecule has 650 valence electrons. The van der Waals surface area contributed by atoms with Gasteiger partial charge in [0.25, 0.3) is 0 Å². The van der Waals surface area contributed by atoms with Crippen LogP contribution in [0.25, 0.3) is 66.8 Å². The minimum atomic E-state index is -1.84. The maximum atomic E-state index is 6.48. The van der Waals surface area contributed by atoms with Gasteiger partial charge in [-0.3, -0.25) is 0 Å². The summed E-state index contributed by atoms with van der Waals surface area (Å²) in [5, 5.41) is 0. The molecule has 0 aliphatic carbocycles. The van der Waals surface area contributed by atoms with Crippen molar-refractivity contribution in [2.45, 2.75) is 139 Å². The molecule has 0 amide bonds. The topological polar surface area (TPSA) is 74.3 Å². The number of hydrogen-bond donors (Lipinski definition) is 0. The van der Waals surface area contributed by atoms with Crippen LogP contribution in [0.1, 0.15) is 77.7 Å². The van der Waals surface area contributed by atoms with E-state index in [1.54, 1.807) is 0 Å². The summed E-state index contributed by atoms with van der Waals surface area (Å²) in [6, 6.07) is 140. The number of para-hydroxylation sites is 15. The molecule has 9 aliphatic rings. The second-order valence-electron chi connectivity index (χ2n) is 35.9. The standard InChI is InChI=1S/C60H38N2O2S.C36H38B2O4S.C18H12BrNO.3CH4/c1-5-21-47(61-49-23-7-11-27-53(49)63-54-28-12-8-24-50(54)61)41(17-1)39-33-35-59-45(37-39)43-19-3-15-31-57(43)65(59)58-32-16-4-20-44(58)46-38-40(34-36-60(46)65)42-18-2-6-22-48(42)62-51-25-9-13-29-55(51)64-56-30-14-10-26-52(56)62;1-33(2)34(3,4)40-37(39-33)23-17-19-31-27(21-23)25-13-9-11-15-29(25)43(31)30-16-12-10-14-26(30)28-22-24(18-20-32(28)43)38-41-35(5,6)36(7,8)42-38;19-13-7-1-2-8-14(13)20-15-9-3-5-11-17(15)21-18-12-6-4-10-16(18)20;;;/h1-38H;9-22H,1-8H3;1-12H;3*1H4. The highest BCUT2D eigenvalue weighted by atomic mass is 79.9. The Balaban J connectivity index is 0.000000134. The molecular weight excluding hydrogens is 1720 g/mol. The Morgan fingerprint density at radius 1 is 0.212 bits per heavy atom. The van der Waals surface area contributed by atoms with Gasteiger partial charge in [-0.2, -0.15) is 0 Å². The quantitative estimate of drug-likeness (QED) is 0.144. The van der Waals surface area contributed by atoms with Crippen LogP contribution in [0.3, 0.4) is 0 Å². The summed E-state index contributed by atoms with van der Waals surface area (Å²) in [6.07, 6.45) is 0. The van der Waals surface area contributed by atoms with Crippen molar-refractivity contribution in [3.8, 4) is 101 Å². The zero-order valence-electron chi connectivity index (χ0n) is 72.5. The molecule has 0 unspecified atom stereocenters. The first-order valence-electron chi connectivity index (χ1n) is 44.1. The predicted octanol–water partition coefficient (Wildman–Crippen LogP) is 33.0. The van der Waals surface area contributed by atoms with E-state index in [9.17, 15) is 0 Å². The Morgan fingerprint density at radius 3 is 0.712 bits per heavy atom. The zero-order chi connectivity index (χ0) is 87.0. The lowest BCUT2D eigenvalue weighted by molar-refractivity contribution is 0.00578. The molecule has 0 radical (unpaired) electrons. The van der Waals surface area contributed by atoms with E-state index in [1.807, 2.05) is 72.8 Å². The maximum absolute atomic E-state index is 6.48. The predicted molar refractivity (Wildman–Crippen MR) is 550 cm³/mol. The fourth-order valence-corrected chi connectivity index (χ4v) is 29.8. The summed E-state index contributed by atoms with van der Waals surface area (Å²) in [5.74, 6) is 5.11. The summed E-state index contributed by atoms with van der Waals surface area (Å²) >= 11 is 3.65. The van der Waals surface area contributed by atoms with Crippen LogP contribution in [0, 0.1) is 0 Å². The summed E-state index contributed by atoms with van der Waals surface area (Å²) in [7, 11) is -4.34. The van der Waals surface area contributed by atoms with Gasteiger partial charge in [0.15, 0.2) is 34.5 Å². The van der Waals surface area contributed by atoms with E-state index in [4.69, 9.17) is 32.8 Å². The van der Waals surface area contributed by atoms with Gasteiger partial charge in [-0.15, -0.1) is 20.1 Å². The molecule has 15 heteroatoms. The number of halogens is 1. The number of benzene rings is 17. The van der Waals surface area contributed by atoms with Crippen LogP contribution in [0.2, 0.25) is 0 Å². The monoisotopic (exact) mass is 1820 g/mol. The van der Waals surface area contributed by atoms with Crippen LogP contribution in [-0.4, -0.2) is 36.6 Å². The lowest BCUT2D eigenvalue weighted by Gasteiger charge is -2.36. The van der Waals surface area contributed by atoms with Crippen LogP contribution in [0.15, 0.2) is 432 Å². The molecule has 9 aliphatic heterocycles. The third-order valence-electron chi connectivity index (χ3n) is 27.7. The van der Waals surface area contributed by atoms with Gasteiger partial charge in [-0.05, 0) is 296 Å². The highest BCUT2D eigenvalue weighted by Gasteiger charge is 2.56. The van der Waals surface area contributed by atoms with Crippen molar-refractivity contribution >= 4 is 112 Å². The molecule has 132 heavy (non-hydrogen) atoms. The summed E-state index contributed by atoms with van der Waals surface area (Å²) in [5.41, 5.74) is 25.1. The molecular formula is C117H100B2BrN3O7S2. The molecule has 2 fully saturated rings. The molecule has 2 spiro atoms. The Labute approximate surface area is 787 Å². The van der Waals surface area contributed by atoms with Crippen molar-refractivity contribution in [2.24, 2.45) is 0 Å². The molecule has 17 aromatic rings. The van der Waals surface area contributed by atoms with Gasteiger partial charge in [0.1, 0.15) is 0 Å². The van der Waals surface area contributed by atoms with E-state index in [0.29, 0.717) is 0 Å². The zero-order valence-corrected chi connectivity index (χ0v) is 75.7. The van der Waals surface area contributed by atoms with Crippen LogP contribution in [0.4, 0.5) is 51.2 Å². The molecule has 9 heterocycles. The highest BCUT2D eigenvalue weighted by molar-refractivity contribution is 9.10. The largest absolute Gasteiger partial charge is 0.494 e. The SMILES string of the molecule is Brc1ccccc1N1c2ccccc2Oc2ccccc21.C.C.C.CC1(C)OB(c2ccc3c(c2)-c2ccccc2S32c3ccccc3-c3cc(B4OC(C)(C)C(C)(C)O4)ccc32)OC1(C)C.c1ccc2c(c1)Oc1ccccc1N2c1ccccc1-c1ccc2c(c1)-c1ccccc1S21c2ccccc2-c2cc(-c3ccccc3N3c4ccccc4Oc4ccccc43)ccc21. The van der Waals surface area contributed by atoms with E-state index in [0.717, 1.165) is 112 Å². The van der Waals surface area contributed by atoms with Gasteiger partial charge < -0.3 is 47.5 Å². The van der Waals surface area contributed by atoms with Crippen LogP contribution < -0.4 is 39.8 Å². The first kappa shape index (κ1) is 85.5. The molecule has 0 bridgehead atoms. The van der Waals surface area contributed by atoms with Crippen molar-refractivity contribution in [2.75, 3.05) is 14.7 Å². The first-order chi connectivity index (χ1) is 62.9. The van der Waals surface area contributed by atoms with Crippen molar-refractivity contribution in [3.05, 3.63) is 393 Å². The number of anilines is 9.